The number of thiophene rings is 1. The van der Waals surface area contributed by atoms with E-state index in [2.05, 4.69) is 43.7 Å². The Morgan fingerprint density at radius 1 is 1.24 bits per heavy atom. The zero-order valence-corrected chi connectivity index (χ0v) is 16.8. The van der Waals surface area contributed by atoms with Crippen molar-refractivity contribution in [2.24, 2.45) is 0 Å². The lowest BCUT2D eigenvalue weighted by Gasteiger charge is -2.14. The number of fused-ring (bicyclic) bond motifs is 1. The number of hydrogen-bond donors (Lipinski definition) is 2. The van der Waals surface area contributed by atoms with Gasteiger partial charge in [0, 0.05) is 28.6 Å². The molecule has 1 amide bonds. The van der Waals surface area contributed by atoms with Crippen molar-refractivity contribution in [1.29, 1.82) is 0 Å². The Bertz CT molecular complexity index is 905. The second-order valence-corrected chi connectivity index (χ2v) is 7.98. The van der Waals surface area contributed by atoms with Gasteiger partial charge in [0.05, 0.1) is 5.69 Å². The number of carbonyl (C=O) groups is 1. The van der Waals surface area contributed by atoms with E-state index in [9.17, 15) is 4.79 Å². The summed E-state index contributed by atoms with van der Waals surface area (Å²) in [7, 11) is 1.84. The third kappa shape index (κ3) is 4.02. The van der Waals surface area contributed by atoms with Crippen LogP contribution in [-0.2, 0) is 6.42 Å². The number of benzene rings is 1. The maximum atomic E-state index is 12.8. The molecule has 4 nitrogen and oxygen atoms in total. The molecule has 25 heavy (non-hydrogen) atoms. The Morgan fingerprint density at radius 2 is 1.96 bits per heavy atom. The first kappa shape index (κ1) is 17.9. The van der Waals surface area contributed by atoms with E-state index in [0.717, 1.165) is 32.5 Å². The normalized spacial score (nSPS) is 12.2. The monoisotopic (exact) mass is 417 g/mol. The molecule has 3 rings (SSSR count). The number of hydrogen-bond acceptors (Lipinski definition) is 4. The lowest BCUT2D eigenvalue weighted by molar-refractivity contribution is 0.0945. The zero-order chi connectivity index (χ0) is 18.0. The van der Waals surface area contributed by atoms with Crippen LogP contribution in [0, 0.1) is 6.92 Å². The number of rotatable bonds is 5. The molecule has 6 heteroatoms. The summed E-state index contributed by atoms with van der Waals surface area (Å²) in [4.78, 5) is 18.9. The van der Waals surface area contributed by atoms with Crippen LogP contribution in [0.25, 0.3) is 10.2 Å². The largest absolute Gasteiger partial charge is 0.386 e. The van der Waals surface area contributed by atoms with Crippen molar-refractivity contribution in [3.63, 3.8) is 0 Å². The van der Waals surface area contributed by atoms with Crippen LogP contribution in [0.5, 0.6) is 0 Å². The van der Waals surface area contributed by atoms with Gasteiger partial charge in [-0.2, -0.15) is 0 Å². The molecule has 0 aliphatic rings. The third-order valence-corrected chi connectivity index (χ3v) is 5.61. The minimum absolute atomic E-state index is 0.0401. The maximum Gasteiger partial charge on any atom is 0.263 e. The molecule has 0 unspecified atom stereocenters. The average Bonchev–Trinajstić information content (AvgIpc) is 2.94. The molecule has 3 aromatic rings. The molecule has 1 atom stereocenters. The first-order valence-corrected chi connectivity index (χ1v) is 9.72. The highest BCUT2D eigenvalue weighted by Crippen LogP contribution is 2.34. The van der Waals surface area contributed by atoms with E-state index in [1.807, 2.05) is 45.2 Å². The molecule has 0 aliphatic carbocycles. The van der Waals surface area contributed by atoms with Crippen LogP contribution in [0.2, 0.25) is 0 Å². The lowest BCUT2D eigenvalue weighted by atomic mass is 10.1. The molecular weight excluding hydrogens is 398 g/mol. The molecule has 0 fully saturated rings. The Morgan fingerprint density at radius 3 is 2.64 bits per heavy atom. The van der Waals surface area contributed by atoms with Gasteiger partial charge in [-0.15, -0.1) is 11.3 Å². The van der Waals surface area contributed by atoms with Crippen LogP contribution < -0.4 is 10.6 Å². The summed E-state index contributed by atoms with van der Waals surface area (Å²) in [5.41, 5.74) is 2.99. The van der Waals surface area contributed by atoms with E-state index in [1.165, 1.54) is 16.9 Å². The molecule has 0 spiro atoms. The number of nitrogens with zero attached hydrogens (tertiary/aromatic N) is 1. The highest BCUT2D eigenvalue weighted by Gasteiger charge is 2.20. The molecule has 0 aliphatic heterocycles. The predicted molar refractivity (Wildman–Crippen MR) is 109 cm³/mol. The summed E-state index contributed by atoms with van der Waals surface area (Å²) in [6, 6.07) is 12.2. The van der Waals surface area contributed by atoms with Crippen molar-refractivity contribution in [2.45, 2.75) is 26.3 Å². The van der Waals surface area contributed by atoms with Crippen molar-refractivity contribution < 1.29 is 4.79 Å². The zero-order valence-electron chi connectivity index (χ0n) is 14.4. The minimum atomic E-state index is -0.0605. The summed E-state index contributed by atoms with van der Waals surface area (Å²) in [6.45, 7) is 3.98. The quantitative estimate of drug-likeness (QED) is 0.628. The fourth-order valence-electron chi connectivity index (χ4n) is 2.79. The predicted octanol–water partition coefficient (Wildman–Crippen LogP) is 4.77. The number of amides is 1. The Hall–Kier alpha value is -1.92. The number of aromatic nitrogens is 1. The van der Waals surface area contributed by atoms with Gasteiger partial charge in [0.25, 0.3) is 5.91 Å². The molecule has 1 aromatic carbocycles. The fourth-order valence-corrected chi connectivity index (χ4v) is 4.19. The highest BCUT2D eigenvalue weighted by atomic mass is 79.9. The van der Waals surface area contributed by atoms with E-state index in [-0.39, 0.29) is 11.9 Å². The van der Waals surface area contributed by atoms with Gasteiger partial charge >= 0.3 is 0 Å². The third-order valence-electron chi connectivity index (χ3n) is 3.98. The Balaban J connectivity index is 1.78. The number of halogens is 1. The van der Waals surface area contributed by atoms with Crippen molar-refractivity contribution >= 4 is 49.1 Å². The van der Waals surface area contributed by atoms with Gasteiger partial charge in [0.1, 0.15) is 9.71 Å². The van der Waals surface area contributed by atoms with Gasteiger partial charge in [-0.25, -0.2) is 4.98 Å². The first-order valence-electron chi connectivity index (χ1n) is 8.11. The minimum Gasteiger partial charge on any atom is -0.386 e. The standard InChI is InChI=1S/C19H20BrN3OS/c1-11-4-9-15-16(21-3)17(25-19(15)23-11)18(24)22-12(2)10-13-5-7-14(20)8-6-13/h4-9,12,21H,10H2,1-3H3,(H,22,24)/t12-/m1/s1. The van der Waals surface area contributed by atoms with Crippen molar-refractivity contribution in [1.82, 2.24) is 10.3 Å². The molecule has 2 heterocycles. The number of pyridine rings is 1. The van der Waals surface area contributed by atoms with Crippen LogP contribution in [0.1, 0.15) is 27.9 Å². The number of aryl methyl sites for hydroxylation is 1. The summed E-state index contributed by atoms with van der Waals surface area (Å²) in [5.74, 6) is -0.0605. The Labute approximate surface area is 159 Å². The van der Waals surface area contributed by atoms with Crippen LogP contribution in [-0.4, -0.2) is 24.0 Å². The van der Waals surface area contributed by atoms with Crippen LogP contribution >= 0.6 is 27.3 Å². The highest BCUT2D eigenvalue weighted by molar-refractivity contribution is 9.10. The van der Waals surface area contributed by atoms with E-state index >= 15 is 0 Å². The van der Waals surface area contributed by atoms with Crippen LogP contribution in [0.3, 0.4) is 0 Å². The topological polar surface area (TPSA) is 54.0 Å². The van der Waals surface area contributed by atoms with E-state index in [4.69, 9.17) is 0 Å². The van der Waals surface area contributed by atoms with Crippen molar-refractivity contribution in [2.75, 3.05) is 12.4 Å². The molecule has 2 N–H and O–H groups in total. The van der Waals surface area contributed by atoms with Gasteiger partial charge in [-0.1, -0.05) is 28.1 Å². The first-order chi connectivity index (χ1) is 12.0. The van der Waals surface area contributed by atoms with E-state index < -0.39 is 0 Å². The smallest absolute Gasteiger partial charge is 0.263 e. The Kier molecular flexibility index (Phi) is 5.39. The summed E-state index contributed by atoms with van der Waals surface area (Å²) in [5, 5.41) is 7.24. The van der Waals surface area contributed by atoms with Gasteiger partial charge in [0.2, 0.25) is 0 Å². The average molecular weight is 418 g/mol. The molecule has 0 saturated heterocycles. The number of nitrogens with one attached hydrogen (secondary N) is 2. The summed E-state index contributed by atoms with van der Waals surface area (Å²) in [6.07, 6.45) is 0.788. The fraction of sp³-hybridized carbons (Fsp3) is 0.263. The SMILES string of the molecule is CNc1c(C(=O)N[C@H](C)Cc2ccc(Br)cc2)sc2nc(C)ccc12. The maximum absolute atomic E-state index is 12.8. The molecule has 0 saturated carbocycles. The van der Waals surface area contributed by atoms with Crippen LogP contribution in [0.15, 0.2) is 40.9 Å². The molecular formula is C19H20BrN3OS. The molecule has 130 valence electrons. The lowest BCUT2D eigenvalue weighted by Crippen LogP contribution is -2.33. The van der Waals surface area contributed by atoms with Gasteiger partial charge in [0.15, 0.2) is 0 Å². The van der Waals surface area contributed by atoms with E-state index in [0.29, 0.717) is 4.88 Å². The number of carbonyl (C=O) groups excluding carboxylic acids is 1. The second kappa shape index (κ2) is 7.54. The van der Waals surface area contributed by atoms with Crippen LogP contribution in [0.4, 0.5) is 5.69 Å². The number of anilines is 1. The van der Waals surface area contributed by atoms with Crippen molar-refractivity contribution in [3.05, 3.63) is 57.0 Å². The molecule has 0 radical (unpaired) electrons. The van der Waals surface area contributed by atoms with Gasteiger partial charge in [-0.05, 0) is 50.1 Å². The van der Waals surface area contributed by atoms with Crippen molar-refractivity contribution in [3.8, 4) is 0 Å². The second-order valence-electron chi connectivity index (χ2n) is 6.07. The van der Waals surface area contributed by atoms with Gasteiger partial charge < -0.3 is 10.6 Å². The molecule has 2 aromatic heterocycles. The van der Waals surface area contributed by atoms with E-state index in [1.54, 1.807) is 0 Å². The summed E-state index contributed by atoms with van der Waals surface area (Å²) >= 11 is 4.87. The molecule has 0 bridgehead atoms. The summed E-state index contributed by atoms with van der Waals surface area (Å²) < 4.78 is 1.06. The van der Waals surface area contributed by atoms with Gasteiger partial charge in [-0.3, -0.25) is 4.79 Å².